The smallest absolute Gasteiger partial charge is 0.318 e. The molecule has 0 saturated heterocycles. The highest BCUT2D eigenvalue weighted by atomic mass is 35.5. The molecule has 0 radical (unpaired) electrons. The zero-order valence-corrected chi connectivity index (χ0v) is 16.0. The monoisotopic (exact) mass is 387 g/mol. The molecule has 0 aliphatic heterocycles. The van der Waals surface area contributed by atoms with Gasteiger partial charge in [-0.05, 0) is 36.8 Å². The van der Waals surface area contributed by atoms with Gasteiger partial charge in [-0.2, -0.15) is 0 Å². The predicted octanol–water partition coefficient (Wildman–Crippen LogP) is 4.30. The van der Waals surface area contributed by atoms with Crippen LogP contribution >= 0.6 is 23.4 Å². The largest absolute Gasteiger partial charge is 0.468 e. The first-order valence-electron chi connectivity index (χ1n) is 8.06. The fourth-order valence-corrected chi connectivity index (χ4v) is 3.47. The van der Waals surface area contributed by atoms with Gasteiger partial charge in [0.05, 0.1) is 13.7 Å². The van der Waals surface area contributed by atoms with Crippen LogP contribution in [0.5, 0.6) is 0 Å². The van der Waals surface area contributed by atoms with Gasteiger partial charge in [0.2, 0.25) is 0 Å². The van der Waals surface area contributed by atoms with Crippen molar-refractivity contribution in [2.75, 3.05) is 7.11 Å². The molecule has 0 fully saturated rings. The minimum atomic E-state index is -0.378. The summed E-state index contributed by atoms with van der Waals surface area (Å²) in [5.41, 5.74) is 2.03. The summed E-state index contributed by atoms with van der Waals surface area (Å²) in [6.07, 6.45) is 0. The second kappa shape index (κ2) is 8.38. The van der Waals surface area contributed by atoms with Gasteiger partial charge in [-0.15, -0.1) is 10.2 Å². The van der Waals surface area contributed by atoms with Crippen LogP contribution in [-0.2, 0) is 16.1 Å². The number of benzene rings is 2. The van der Waals surface area contributed by atoms with Crippen molar-refractivity contribution < 1.29 is 9.53 Å². The predicted molar refractivity (Wildman–Crippen MR) is 103 cm³/mol. The summed E-state index contributed by atoms with van der Waals surface area (Å²) >= 11 is 7.32. The van der Waals surface area contributed by atoms with Crippen LogP contribution in [0.1, 0.15) is 12.5 Å². The maximum Gasteiger partial charge on any atom is 0.318 e. The lowest BCUT2D eigenvalue weighted by Crippen LogP contribution is -2.16. The highest BCUT2D eigenvalue weighted by molar-refractivity contribution is 8.00. The molecule has 0 amide bonds. The quantitative estimate of drug-likeness (QED) is 0.466. The van der Waals surface area contributed by atoms with E-state index in [1.165, 1.54) is 18.9 Å². The summed E-state index contributed by atoms with van der Waals surface area (Å²) in [5.74, 6) is 0.433. The van der Waals surface area contributed by atoms with E-state index in [-0.39, 0.29) is 11.2 Å². The number of nitrogens with zero attached hydrogens (tertiary/aromatic N) is 3. The molecule has 3 rings (SSSR count). The Kier molecular flexibility index (Phi) is 5.96. The van der Waals surface area contributed by atoms with E-state index in [0.717, 1.165) is 17.0 Å². The molecule has 134 valence electrons. The fourth-order valence-electron chi connectivity index (χ4n) is 2.47. The maximum absolute atomic E-state index is 11.8. The third-order valence-corrected chi connectivity index (χ3v) is 5.13. The number of carbonyl (C=O) groups is 1. The number of methoxy groups -OCH3 is 1. The number of esters is 1. The zero-order valence-electron chi connectivity index (χ0n) is 14.4. The highest BCUT2D eigenvalue weighted by Crippen LogP contribution is 2.28. The molecule has 1 heterocycles. The van der Waals surface area contributed by atoms with E-state index in [1.54, 1.807) is 6.92 Å². The number of hydrogen-bond acceptors (Lipinski definition) is 5. The van der Waals surface area contributed by atoms with Gasteiger partial charge in [-0.3, -0.25) is 9.36 Å². The van der Waals surface area contributed by atoms with Crippen LogP contribution in [0.3, 0.4) is 0 Å². The minimum Gasteiger partial charge on any atom is -0.468 e. The molecule has 2 aromatic carbocycles. The van der Waals surface area contributed by atoms with E-state index in [0.29, 0.717) is 16.7 Å². The first-order chi connectivity index (χ1) is 12.6. The van der Waals surface area contributed by atoms with Gasteiger partial charge in [0.15, 0.2) is 11.0 Å². The van der Waals surface area contributed by atoms with E-state index >= 15 is 0 Å². The lowest BCUT2D eigenvalue weighted by molar-refractivity contribution is -0.139. The van der Waals surface area contributed by atoms with E-state index in [9.17, 15) is 4.79 Å². The Morgan fingerprint density at radius 2 is 1.85 bits per heavy atom. The first kappa shape index (κ1) is 18.5. The van der Waals surface area contributed by atoms with Gasteiger partial charge in [-0.25, -0.2) is 0 Å². The van der Waals surface area contributed by atoms with Gasteiger partial charge >= 0.3 is 5.97 Å². The molecule has 0 aliphatic carbocycles. The Balaban J connectivity index is 1.98. The summed E-state index contributed by atoms with van der Waals surface area (Å²) in [4.78, 5) is 11.8. The van der Waals surface area contributed by atoms with Crippen molar-refractivity contribution in [3.8, 4) is 11.4 Å². The third-order valence-electron chi connectivity index (χ3n) is 3.82. The second-order valence-corrected chi connectivity index (χ2v) is 7.41. The van der Waals surface area contributed by atoms with Crippen molar-refractivity contribution in [2.24, 2.45) is 0 Å². The molecule has 0 unspecified atom stereocenters. The molecule has 26 heavy (non-hydrogen) atoms. The van der Waals surface area contributed by atoms with E-state index in [2.05, 4.69) is 10.2 Å². The molecule has 7 heteroatoms. The second-order valence-electron chi connectivity index (χ2n) is 5.67. The molecular formula is C19H18ClN3O2S. The Hall–Kier alpha value is -2.31. The number of aromatic nitrogens is 3. The number of carbonyl (C=O) groups excluding carboxylic acids is 1. The number of rotatable bonds is 6. The number of halogens is 1. The van der Waals surface area contributed by atoms with Gasteiger partial charge in [0.1, 0.15) is 5.25 Å². The highest BCUT2D eigenvalue weighted by Gasteiger charge is 2.21. The SMILES string of the molecule is COC(=O)[C@H](C)Sc1nnc(-c2ccc(Cl)cc2)n1Cc1ccccc1. The molecule has 0 N–H and O–H groups in total. The third kappa shape index (κ3) is 4.26. The summed E-state index contributed by atoms with van der Waals surface area (Å²) < 4.78 is 6.82. The Labute approximate surface area is 161 Å². The van der Waals surface area contributed by atoms with Crippen LogP contribution in [-0.4, -0.2) is 33.1 Å². The maximum atomic E-state index is 11.8. The topological polar surface area (TPSA) is 57.0 Å². The van der Waals surface area contributed by atoms with Crippen molar-refractivity contribution in [3.05, 3.63) is 65.2 Å². The van der Waals surface area contributed by atoms with Crippen molar-refractivity contribution >= 4 is 29.3 Å². The van der Waals surface area contributed by atoms with Crippen LogP contribution in [0.25, 0.3) is 11.4 Å². The molecule has 5 nitrogen and oxygen atoms in total. The molecule has 0 spiro atoms. The van der Waals surface area contributed by atoms with Gasteiger partial charge in [0, 0.05) is 10.6 Å². The number of thioether (sulfide) groups is 1. The lowest BCUT2D eigenvalue weighted by Gasteiger charge is -2.12. The average molecular weight is 388 g/mol. The Bertz CT molecular complexity index is 882. The molecule has 3 aromatic rings. The molecule has 1 aromatic heterocycles. The molecule has 0 bridgehead atoms. The Morgan fingerprint density at radius 3 is 2.50 bits per heavy atom. The molecule has 1 atom stereocenters. The number of ether oxygens (including phenoxy) is 1. The zero-order chi connectivity index (χ0) is 18.5. The van der Waals surface area contributed by atoms with Crippen molar-refractivity contribution in [3.63, 3.8) is 0 Å². The van der Waals surface area contributed by atoms with E-state index in [4.69, 9.17) is 16.3 Å². The van der Waals surface area contributed by atoms with Crippen LogP contribution in [0, 0.1) is 0 Å². The lowest BCUT2D eigenvalue weighted by atomic mass is 10.2. The number of hydrogen-bond donors (Lipinski definition) is 0. The molecular weight excluding hydrogens is 370 g/mol. The van der Waals surface area contributed by atoms with Crippen molar-refractivity contribution in [2.45, 2.75) is 23.9 Å². The van der Waals surface area contributed by atoms with Crippen molar-refractivity contribution in [1.82, 2.24) is 14.8 Å². The van der Waals surface area contributed by atoms with E-state index in [1.807, 2.05) is 59.2 Å². The first-order valence-corrected chi connectivity index (χ1v) is 9.32. The van der Waals surface area contributed by atoms with Crippen LogP contribution in [0.15, 0.2) is 59.8 Å². The van der Waals surface area contributed by atoms with Crippen molar-refractivity contribution in [1.29, 1.82) is 0 Å². The van der Waals surface area contributed by atoms with E-state index < -0.39 is 0 Å². The summed E-state index contributed by atoms with van der Waals surface area (Å²) in [5, 5.41) is 9.60. The van der Waals surface area contributed by atoms with Crippen LogP contribution < -0.4 is 0 Å². The minimum absolute atomic E-state index is 0.294. The standard InChI is InChI=1S/C19H18ClN3O2S/c1-13(18(24)25-2)26-19-22-21-17(15-8-10-16(20)11-9-15)23(19)12-14-6-4-3-5-7-14/h3-11,13H,12H2,1-2H3/t13-/m0/s1. The van der Waals surface area contributed by atoms with Crippen LogP contribution in [0.2, 0.25) is 5.02 Å². The summed E-state index contributed by atoms with van der Waals surface area (Å²) in [6.45, 7) is 2.39. The average Bonchev–Trinajstić information content (AvgIpc) is 3.04. The van der Waals surface area contributed by atoms with Crippen LogP contribution in [0.4, 0.5) is 0 Å². The van der Waals surface area contributed by atoms with Gasteiger partial charge in [0.25, 0.3) is 0 Å². The Morgan fingerprint density at radius 1 is 1.15 bits per heavy atom. The molecule has 0 aliphatic rings. The summed E-state index contributed by atoms with van der Waals surface area (Å²) in [6, 6.07) is 17.5. The summed E-state index contributed by atoms with van der Waals surface area (Å²) in [7, 11) is 1.38. The fraction of sp³-hybridized carbons (Fsp3) is 0.211. The van der Waals surface area contributed by atoms with Gasteiger partial charge in [-0.1, -0.05) is 53.7 Å². The normalized spacial score (nSPS) is 12.0. The molecule has 0 saturated carbocycles. The van der Waals surface area contributed by atoms with Gasteiger partial charge < -0.3 is 4.74 Å².